The van der Waals surface area contributed by atoms with Crippen LogP contribution in [0.25, 0.3) is 139 Å². The normalized spacial score (nSPS) is 13.5. The molecule has 0 bridgehead atoms. The molecule has 5 heteroatoms. The topological polar surface area (TPSA) is 19.7 Å². The van der Waals surface area contributed by atoms with Crippen molar-refractivity contribution >= 4 is 95.3 Å². The molecular weight excluding hydrogens is 1000 g/mol. The van der Waals surface area contributed by atoms with E-state index in [1.54, 1.807) is 0 Å². The van der Waals surface area contributed by atoms with Crippen LogP contribution in [0, 0.1) is 0 Å². The second-order valence-electron chi connectivity index (χ2n) is 22.9. The maximum absolute atomic E-state index is 2.79. The Kier molecular flexibility index (Phi) is 10.1. The molecule has 5 heterocycles. The van der Waals surface area contributed by atoms with Gasteiger partial charge in [0, 0.05) is 88.5 Å². The molecule has 4 nitrogen and oxygen atoms in total. The second kappa shape index (κ2) is 18.1. The number of aromatic nitrogens is 4. The van der Waals surface area contributed by atoms with E-state index in [2.05, 4.69) is 291 Å². The van der Waals surface area contributed by atoms with E-state index in [4.69, 9.17) is 0 Å². The summed E-state index contributed by atoms with van der Waals surface area (Å²) in [4.78, 5) is 0. The number of nitrogens with zero attached hydrogens (tertiary/aromatic N) is 4. The molecule has 1 aliphatic heterocycles. The molecule has 11 aromatic carbocycles. The highest BCUT2D eigenvalue weighted by Crippen LogP contribution is 2.47. The predicted octanol–water partition coefficient (Wildman–Crippen LogP) is 18.3. The third-order valence-corrected chi connectivity index (χ3v) is 18.5. The molecule has 0 saturated heterocycles. The van der Waals surface area contributed by atoms with E-state index in [0.717, 1.165) is 25.7 Å². The van der Waals surface area contributed by atoms with E-state index in [-0.39, 0.29) is 6.85 Å². The third-order valence-electron chi connectivity index (χ3n) is 18.5. The molecule has 0 fully saturated rings. The summed E-state index contributed by atoms with van der Waals surface area (Å²) >= 11 is 0. The summed E-state index contributed by atoms with van der Waals surface area (Å²) < 4.78 is 10.5. The molecule has 388 valence electrons. The van der Waals surface area contributed by atoms with Gasteiger partial charge in [0.1, 0.15) is 0 Å². The summed E-state index contributed by atoms with van der Waals surface area (Å²) in [7, 11) is 0. The zero-order chi connectivity index (χ0) is 54.3. The highest BCUT2D eigenvalue weighted by Gasteiger charge is 2.39. The van der Waals surface area contributed by atoms with E-state index >= 15 is 0 Å². The van der Waals surface area contributed by atoms with Crippen molar-refractivity contribution in [1.29, 1.82) is 0 Å². The Bertz CT molecular complexity index is 5100. The van der Waals surface area contributed by atoms with Crippen LogP contribution in [0.4, 0.5) is 0 Å². The largest absolute Gasteiger partial charge is 0.375 e. The molecule has 2 aliphatic carbocycles. The molecule has 0 spiro atoms. The van der Waals surface area contributed by atoms with Crippen molar-refractivity contribution in [3.63, 3.8) is 0 Å². The van der Waals surface area contributed by atoms with E-state index in [9.17, 15) is 0 Å². The van der Waals surface area contributed by atoms with E-state index in [1.165, 1.54) is 160 Å². The first-order valence-corrected chi connectivity index (χ1v) is 29.4. The Labute approximate surface area is 481 Å². The summed E-state index contributed by atoms with van der Waals surface area (Å²) in [5, 5.41) is 7.58. The lowest BCUT2D eigenvalue weighted by Crippen LogP contribution is -2.53. The van der Waals surface area contributed by atoms with Crippen LogP contribution in [0.15, 0.2) is 261 Å². The van der Waals surface area contributed by atoms with Gasteiger partial charge in [-0.05, 0) is 154 Å². The molecule has 0 saturated carbocycles. The maximum atomic E-state index is 2.79. The van der Waals surface area contributed by atoms with Gasteiger partial charge in [0.25, 0.3) is 0 Å². The molecule has 3 aliphatic rings. The van der Waals surface area contributed by atoms with E-state index in [0.29, 0.717) is 0 Å². The van der Waals surface area contributed by atoms with Crippen LogP contribution in [-0.4, -0.2) is 25.0 Å². The van der Waals surface area contributed by atoms with Crippen LogP contribution in [0.5, 0.6) is 0 Å². The fourth-order valence-corrected chi connectivity index (χ4v) is 15.0. The lowest BCUT2D eigenvalue weighted by atomic mass is 9.48. The van der Waals surface area contributed by atoms with Crippen molar-refractivity contribution in [3.05, 3.63) is 283 Å². The number of benzene rings is 11. The summed E-state index contributed by atoms with van der Waals surface area (Å²) in [5.74, 6) is 0. The minimum absolute atomic E-state index is 0.277. The molecule has 4 aromatic heterocycles. The Morgan fingerprint density at radius 1 is 0.325 bits per heavy atom. The Hall–Kier alpha value is -10.4. The van der Waals surface area contributed by atoms with Gasteiger partial charge in [0.05, 0.1) is 22.1 Å². The highest BCUT2D eigenvalue weighted by atomic mass is 15.0. The zero-order valence-electron chi connectivity index (χ0n) is 45.7. The SMILES string of the molecule is C1=Cc2c(c3ccccc3n2-c2cc3c4c(c2)c2cc(-n5c6c(c7ccccc75)C=CCC6)ccc2n4-c2ccccc2B3n2c3c(-c4ccccc4)cc(-c4ccccc4)cc3c3cc(-c4ccccc4)cc(-c4ccccc4)c32)CC1. The average Bonchev–Trinajstić information content (AvgIpc) is 4.15. The van der Waals surface area contributed by atoms with Gasteiger partial charge in [0.15, 0.2) is 0 Å². The number of aryl methyl sites for hydroxylation is 1. The van der Waals surface area contributed by atoms with Crippen molar-refractivity contribution in [2.24, 2.45) is 0 Å². The maximum Gasteiger partial charge on any atom is 0.332 e. The van der Waals surface area contributed by atoms with Gasteiger partial charge in [-0.15, -0.1) is 0 Å². The first kappa shape index (κ1) is 46.4. The van der Waals surface area contributed by atoms with E-state index < -0.39 is 0 Å². The standard InChI is InChI=1S/C78H53BN4/c1-5-23-50(24-6-1)54-43-62(52-27-9-3-10-28-52)76-65(45-54)66-46-55(51-25-7-2-8-26-51)44-63(53-29-11-4-12-30-53)77(66)83(76)79-68-35-17-22-40-75(68)82-74-42-41-56(80-70-36-18-13-31-58(70)59-32-14-19-37-71(59)80)47-64(74)67-48-57(49-69(79)78(67)82)81-72-38-20-15-33-60(72)61-34-16-21-39-73(61)81/h1-15,17-18,20-33,35-36,38-49H,16,19,34,37H2. The fourth-order valence-electron chi connectivity index (χ4n) is 15.0. The summed E-state index contributed by atoms with van der Waals surface area (Å²) in [6.45, 7) is -0.277. The number of hydrogen-bond acceptors (Lipinski definition) is 0. The minimum atomic E-state index is -0.277. The summed E-state index contributed by atoms with van der Waals surface area (Å²) in [5.41, 5.74) is 28.4. The van der Waals surface area contributed by atoms with Crippen molar-refractivity contribution in [1.82, 2.24) is 18.2 Å². The minimum Gasteiger partial charge on any atom is -0.375 e. The molecule has 18 rings (SSSR count). The van der Waals surface area contributed by atoms with Gasteiger partial charge in [-0.2, -0.15) is 0 Å². The van der Waals surface area contributed by atoms with Crippen molar-refractivity contribution < 1.29 is 0 Å². The molecule has 0 unspecified atom stereocenters. The van der Waals surface area contributed by atoms with E-state index in [1.807, 2.05) is 0 Å². The molecular formula is C78H53BN4. The fraction of sp³-hybridized carbons (Fsp3) is 0.0513. The average molecular weight is 1060 g/mol. The third kappa shape index (κ3) is 6.83. The molecule has 0 N–H and O–H groups in total. The number of fused-ring (bicyclic) bond motifs is 14. The molecule has 0 radical (unpaired) electrons. The molecule has 15 aromatic rings. The van der Waals surface area contributed by atoms with Crippen LogP contribution in [0.3, 0.4) is 0 Å². The van der Waals surface area contributed by atoms with Crippen LogP contribution in [0.1, 0.15) is 35.4 Å². The predicted molar refractivity (Wildman–Crippen MR) is 351 cm³/mol. The first-order chi connectivity index (χ1) is 41.2. The number of para-hydroxylation sites is 3. The zero-order valence-corrected chi connectivity index (χ0v) is 45.7. The molecule has 83 heavy (non-hydrogen) atoms. The van der Waals surface area contributed by atoms with Gasteiger partial charge in [-0.3, -0.25) is 0 Å². The second-order valence-corrected chi connectivity index (χ2v) is 22.9. The first-order valence-electron chi connectivity index (χ1n) is 29.4. The quantitative estimate of drug-likeness (QED) is 0.142. The summed E-state index contributed by atoms with van der Waals surface area (Å²) in [6.07, 6.45) is 13.5. The van der Waals surface area contributed by atoms with Gasteiger partial charge < -0.3 is 18.2 Å². The van der Waals surface area contributed by atoms with Crippen molar-refractivity contribution in [2.45, 2.75) is 25.7 Å². The molecule has 0 atom stereocenters. The number of rotatable bonds is 7. The smallest absolute Gasteiger partial charge is 0.332 e. The van der Waals surface area contributed by atoms with Crippen molar-refractivity contribution in [3.8, 4) is 61.6 Å². The van der Waals surface area contributed by atoms with Crippen LogP contribution < -0.4 is 10.9 Å². The number of allylic oxidation sites excluding steroid dienone is 2. The number of hydrogen-bond donors (Lipinski definition) is 0. The van der Waals surface area contributed by atoms with Gasteiger partial charge in [-0.1, -0.05) is 194 Å². The Balaban J connectivity index is 1.03. The van der Waals surface area contributed by atoms with Crippen LogP contribution >= 0.6 is 0 Å². The monoisotopic (exact) mass is 1060 g/mol. The Morgan fingerprint density at radius 2 is 0.855 bits per heavy atom. The van der Waals surface area contributed by atoms with Gasteiger partial charge in [-0.25, -0.2) is 0 Å². The van der Waals surface area contributed by atoms with Crippen LogP contribution in [0.2, 0.25) is 0 Å². The Morgan fingerprint density at radius 3 is 1.53 bits per heavy atom. The van der Waals surface area contributed by atoms with Crippen LogP contribution in [-0.2, 0) is 12.8 Å². The van der Waals surface area contributed by atoms with Gasteiger partial charge >= 0.3 is 6.85 Å². The highest BCUT2D eigenvalue weighted by molar-refractivity contribution is 6.88. The molecule has 0 amide bonds. The summed E-state index contributed by atoms with van der Waals surface area (Å²) in [6, 6.07) is 93.9. The van der Waals surface area contributed by atoms with Crippen molar-refractivity contribution in [2.75, 3.05) is 0 Å². The lowest BCUT2D eigenvalue weighted by Gasteiger charge is -2.30. The van der Waals surface area contributed by atoms with Gasteiger partial charge in [0.2, 0.25) is 0 Å². The lowest BCUT2D eigenvalue weighted by molar-refractivity contribution is 0.889.